The highest BCUT2D eigenvalue weighted by Gasteiger charge is 2.21. The highest BCUT2D eigenvalue weighted by molar-refractivity contribution is 5.25. The van der Waals surface area contributed by atoms with Crippen molar-refractivity contribution in [3.8, 4) is 0 Å². The molecule has 2 nitrogen and oxygen atoms in total. The third-order valence-corrected chi connectivity index (χ3v) is 3.06. The zero-order chi connectivity index (χ0) is 9.97. The van der Waals surface area contributed by atoms with Crippen LogP contribution in [0.4, 0.5) is 0 Å². The summed E-state index contributed by atoms with van der Waals surface area (Å²) in [7, 11) is 2.21. The molecule has 1 aromatic rings. The van der Waals surface area contributed by atoms with E-state index in [1.54, 1.807) is 0 Å². The van der Waals surface area contributed by atoms with Crippen molar-refractivity contribution < 1.29 is 0 Å². The summed E-state index contributed by atoms with van der Waals surface area (Å²) in [5, 5.41) is 3.30. The van der Waals surface area contributed by atoms with Crippen LogP contribution < -0.4 is 5.32 Å². The molecule has 14 heavy (non-hydrogen) atoms. The molecule has 2 rings (SSSR count). The average Bonchev–Trinajstić information content (AvgIpc) is 2.05. The van der Waals surface area contributed by atoms with Crippen molar-refractivity contribution in [2.24, 2.45) is 0 Å². The predicted molar refractivity (Wildman–Crippen MR) is 59.3 cm³/mol. The first-order valence-corrected chi connectivity index (χ1v) is 5.23. The maximum atomic E-state index is 3.30. The topological polar surface area (TPSA) is 15.3 Å². The number of nitrogens with one attached hydrogen (secondary N) is 1. The zero-order valence-corrected chi connectivity index (χ0v) is 8.96. The summed E-state index contributed by atoms with van der Waals surface area (Å²) in [6.45, 7) is 5.53. The van der Waals surface area contributed by atoms with Crippen molar-refractivity contribution in [2.45, 2.75) is 19.5 Å². The highest BCUT2D eigenvalue weighted by Crippen LogP contribution is 2.12. The molecule has 0 atom stereocenters. The van der Waals surface area contributed by atoms with E-state index in [-0.39, 0.29) is 0 Å². The molecule has 2 heteroatoms. The minimum Gasteiger partial charge on any atom is -0.314 e. The van der Waals surface area contributed by atoms with Gasteiger partial charge in [-0.2, -0.15) is 0 Å². The number of likely N-dealkylation sites (N-methyl/N-ethyl adjacent to an activating group) is 1. The van der Waals surface area contributed by atoms with Crippen molar-refractivity contribution in [2.75, 3.05) is 20.1 Å². The second kappa shape index (κ2) is 4.11. The van der Waals surface area contributed by atoms with E-state index < -0.39 is 0 Å². The van der Waals surface area contributed by atoms with E-state index in [2.05, 4.69) is 48.5 Å². The lowest BCUT2D eigenvalue weighted by Gasteiger charge is -2.35. The molecule has 0 saturated carbocycles. The van der Waals surface area contributed by atoms with Gasteiger partial charge in [0, 0.05) is 25.7 Å². The van der Waals surface area contributed by atoms with Gasteiger partial charge in [0.1, 0.15) is 0 Å². The maximum Gasteiger partial charge on any atom is 0.0345 e. The molecule has 0 bridgehead atoms. The first-order chi connectivity index (χ1) is 6.77. The van der Waals surface area contributed by atoms with E-state index in [1.165, 1.54) is 11.1 Å². The molecule has 0 aromatic heterocycles. The van der Waals surface area contributed by atoms with Crippen LogP contribution in [0.25, 0.3) is 0 Å². The van der Waals surface area contributed by atoms with Crippen molar-refractivity contribution >= 4 is 0 Å². The second-order valence-corrected chi connectivity index (χ2v) is 4.15. The minimum absolute atomic E-state index is 0.731. The molecule has 0 unspecified atom stereocenters. The Bertz CT molecular complexity index is 305. The van der Waals surface area contributed by atoms with Crippen molar-refractivity contribution in [3.63, 3.8) is 0 Å². The smallest absolute Gasteiger partial charge is 0.0345 e. The van der Waals surface area contributed by atoms with Gasteiger partial charge in [-0.1, -0.05) is 24.3 Å². The average molecular weight is 190 g/mol. The van der Waals surface area contributed by atoms with Crippen LogP contribution in [0.15, 0.2) is 24.3 Å². The normalized spacial score (nSPS) is 17.1. The lowest BCUT2D eigenvalue weighted by Crippen LogP contribution is -2.55. The van der Waals surface area contributed by atoms with Crippen molar-refractivity contribution in [1.82, 2.24) is 10.2 Å². The van der Waals surface area contributed by atoms with Crippen molar-refractivity contribution in [3.05, 3.63) is 35.4 Å². The van der Waals surface area contributed by atoms with Crippen molar-refractivity contribution in [1.29, 1.82) is 0 Å². The Kier molecular flexibility index (Phi) is 2.85. The third kappa shape index (κ3) is 1.97. The van der Waals surface area contributed by atoms with Gasteiger partial charge in [-0.3, -0.25) is 4.90 Å². The number of hydrogen-bond acceptors (Lipinski definition) is 2. The summed E-state index contributed by atoms with van der Waals surface area (Å²) in [6, 6.07) is 9.36. The summed E-state index contributed by atoms with van der Waals surface area (Å²) in [5.41, 5.74) is 2.84. The Labute approximate surface area is 85.9 Å². The lowest BCUT2D eigenvalue weighted by molar-refractivity contribution is 0.173. The minimum atomic E-state index is 0.731. The molecule has 1 N–H and O–H groups in total. The van der Waals surface area contributed by atoms with Gasteiger partial charge in [-0.15, -0.1) is 0 Å². The summed E-state index contributed by atoms with van der Waals surface area (Å²) in [6.07, 6.45) is 0. The van der Waals surface area contributed by atoms with Gasteiger partial charge >= 0.3 is 0 Å². The lowest BCUT2D eigenvalue weighted by atomic mass is 10.1. The van der Waals surface area contributed by atoms with E-state index in [1.807, 2.05) is 0 Å². The summed E-state index contributed by atoms with van der Waals surface area (Å²) >= 11 is 0. The number of benzene rings is 1. The molecule has 1 aromatic carbocycles. The fourth-order valence-electron chi connectivity index (χ4n) is 1.77. The van der Waals surface area contributed by atoms with Gasteiger partial charge in [-0.25, -0.2) is 0 Å². The molecule has 0 amide bonds. The first-order valence-electron chi connectivity index (χ1n) is 5.23. The monoisotopic (exact) mass is 190 g/mol. The quantitative estimate of drug-likeness (QED) is 0.775. The van der Waals surface area contributed by atoms with Gasteiger partial charge in [0.2, 0.25) is 0 Å². The largest absolute Gasteiger partial charge is 0.314 e. The SMILES string of the molecule is Cc1ccccc1CN(C)C1CNC1. The molecule has 0 radical (unpaired) electrons. The molecule has 1 aliphatic rings. The number of aryl methyl sites for hydroxylation is 1. The fourth-order valence-corrected chi connectivity index (χ4v) is 1.77. The molecule has 0 aliphatic carbocycles. The first kappa shape index (κ1) is 9.69. The van der Waals surface area contributed by atoms with Crippen LogP contribution in [0.1, 0.15) is 11.1 Å². The Balaban J connectivity index is 1.99. The summed E-state index contributed by atoms with van der Waals surface area (Å²) < 4.78 is 0. The second-order valence-electron chi connectivity index (χ2n) is 4.15. The standard InChI is InChI=1S/C12H18N2/c1-10-5-3-4-6-11(10)9-14(2)12-7-13-8-12/h3-6,12-13H,7-9H2,1-2H3. The van der Waals surface area contributed by atoms with Gasteiger partial charge in [-0.05, 0) is 25.1 Å². The molecule has 1 saturated heterocycles. The highest BCUT2D eigenvalue weighted by atomic mass is 15.2. The Morgan fingerprint density at radius 2 is 2.07 bits per heavy atom. The van der Waals surface area contributed by atoms with Crippen LogP contribution in [-0.4, -0.2) is 31.1 Å². The third-order valence-electron chi connectivity index (χ3n) is 3.06. The molecule has 1 fully saturated rings. The molecule has 1 aliphatic heterocycles. The number of nitrogens with zero attached hydrogens (tertiary/aromatic N) is 1. The van der Waals surface area contributed by atoms with Gasteiger partial charge in [0.15, 0.2) is 0 Å². The maximum absolute atomic E-state index is 3.30. The summed E-state index contributed by atoms with van der Waals surface area (Å²) in [5.74, 6) is 0. The van der Waals surface area contributed by atoms with Crippen LogP contribution in [0.2, 0.25) is 0 Å². The van der Waals surface area contributed by atoms with Gasteiger partial charge < -0.3 is 5.32 Å². The van der Waals surface area contributed by atoms with Crippen LogP contribution in [0, 0.1) is 6.92 Å². The van der Waals surface area contributed by atoms with Crippen LogP contribution in [-0.2, 0) is 6.54 Å². The van der Waals surface area contributed by atoms with Crippen LogP contribution >= 0.6 is 0 Å². The van der Waals surface area contributed by atoms with E-state index in [0.717, 1.165) is 25.7 Å². The number of hydrogen-bond donors (Lipinski definition) is 1. The molecule has 76 valence electrons. The fraction of sp³-hybridized carbons (Fsp3) is 0.500. The van der Waals surface area contributed by atoms with Crippen LogP contribution in [0.3, 0.4) is 0 Å². The predicted octanol–water partition coefficient (Wildman–Crippen LogP) is 1.40. The van der Waals surface area contributed by atoms with Gasteiger partial charge in [0.05, 0.1) is 0 Å². The van der Waals surface area contributed by atoms with Crippen LogP contribution in [0.5, 0.6) is 0 Å². The Morgan fingerprint density at radius 1 is 1.36 bits per heavy atom. The Hall–Kier alpha value is -0.860. The molecule has 1 heterocycles. The zero-order valence-electron chi connectivity index (χ0n) is 8.96. The van der Waals surface area contributed by atoms with E-state index >= 15 is 0 Å². The number of rotatable bonds is 3. The van der Waals surface area contributed by atoms with E-state index in [9.17, 15) is 0 Å². The molecular formula is C12H18N2. The van der Waals surface area contributed by atoms with E-state index in [0.29, 0.717) is 0 Å². The summed E-state index contributed by atoms with van der Waals surface area (Å²) in [4.78, 5) is 2.43. The van der Waals surface area contributed by atoms with Gasteiger partial charge in [0.25, 0.3) is 0 Å². The Morgan fingerprint density at radius 3 is 2.64 bits per heavy atom. The molecule has 0 spiro atoms. The molecular weight excluding hydrogens is 172 g/mol. The van der Waals surface area contributed by atoms with E-state index in [4.69, 9.17) is 0 Å².